The zero-order valence-corrected chi connectivity index (χ0v) is 14.8. The van der Waals surface area contributed by atoms with E-state index in [2.05, 4.69) is 4.98 Å². The van der Waals surface area contributed by atoms with E-state index < -0.39 is 23.4 Å². The fourth-order valence-electron chi connectivity index (χ4n) is 4.27. The molecular formula is C20H23FN2O4. The van der Waals surface area contributed by atoms with E-state index in [1.54, 1.807) is 0 Å². The van der Waals surface area contributed by atoms with E-state index in [-0.39, 0.29) is 24.3 Å². The standard InChI is InChI=1S/C20H23FN2O4/c21-19-17(24)7-6-16(22-19)18(25)11-23-10-13-8-15(9-20(13,26)12-23)27-14-4-2-1-3-5-14/h1-7,13,15,18,24-26H,8-12H2/t13-,15+,18+,20-/m0/s1. The molecule has 27 heavy (non-hydrogen) atoms. The summed E-state index contributed by atoms with van der Waals surface area (Å²) in [5, 5.41) is 30.5. The van der Waals surface area contributed by atoms with Crippen molar-refractivity contribution in [3.8, 4) is 11.5 Å². The van der Waals surface area contributed by atoms with Crippen molar-refractivity contribution in [1.29, 1.82) is 0 Å². The summed E-state index contributed by atoms with van der Waals surface area (Å²) < 4.78 is 19.4. The first-order valence-corrected chi connectivity index (χ1v) is 9.13. The summed E-state index contributed by atoms with van der Waals surface area (Å²) in [6, 6.07) is 12.2. The minimum Gasteiger partial charge on any atom is -0.504 e. The van der Waals surface area contributed by atoms with Crippen LogP contribution < -0.4 is 4.74 Å². The second-order valence-corrected chi connectivity index (χ2v) is 7.55. The smallest absolute Gasteiger partial charge is 0.255 e. The molecule has 3 N–H and O–H groups in total. The summed E-state index contributed by atoms with van der Waals surface area (Å²) in [6.45, 7) is 1.33. The topological polar surface area (TPSA) is 86.1 Å². The Hall–Kier alpha value is -2.22. The quantitative estimate of drug-likeness (QED) is 0.693. The molecule has 0 bridgehead atoms. The third-order valence-electron chi connectivity index (χ3n) is 5.53. The van der Waals surface area contributed by atoms with Gasteiger partial charge in [0.2, 0.25) is 0 Å². The maximum Gasteiger partial charge on any atom is 0.255 e. The Labute approximate surface area is 156 Å². The zero-order valence-electron chi connectivity index (χ0n) is 14.8. The monoisotopic (exact) mass is 374 g/mol. The zero-order chi connectivity index (χ0) is 19.0. The molecular weight excluding hydrogens is 351 g/mol. The van der Waals surface area contributed by atoms with Gasteiger partial charge in [-0.25, -0.2) is 4.98 Å². The number of aromatic nitrogens is 1. The fraction of sp³-hybridized carbons (Fsp3) is 0.450. The molecule has 1 aliphatic carbocycles. The van der Waals surface area contributed by atoms with Gasteiger partial charge in [0.05, 0.1) is 11.3 Å². The van der Waals surface area contributed by atoms with E-state index in [1.165, 1.54) is 12.1 Å². The van der Waals surface area contributed by atoms with Crippen LogP contribution in [0.15, 0.2) is 42.5 Å². The summed E-state index contributed by atoms with van der Waals surface area (Å²) >= 11 is 0. The Bertz CT molecular complexity index is 806. The van der Waals surface area contributed by atoms with Crippen LogP contribution in [0.2, 0.25) is 0 Å². The average Bonchev–Trinajstić information content (AvgIpc) is 3.08. The first kappa shape index (κ1) is 18.2. The van der Waals surface area contributed by atoms with Gasteiger partial charge in [0.25, 0.3) is 5.95 Å². The molecule has 2 heterocycles. The molecule has 1 saturated heterocycles. The van der Waals surface area contributed by atoms with E-state index in [0.717, 1.165) is 12.2 Å². The Balaban J connectivity index is 1.35. The number of fused-ring (bicyclic) bond motifs is 1. The van der Waals surface area contributed by atoms with Crippen LogP contribution in [0.25, 0.3) is 0 Å². The molecule has 1 saturated carbocycles. The molecule has 6 nitrogen and oxygen atoms in total. The molecule has 0 unspecified atom stereocenters. The van der Waals surface area contributed by atoms with Crippen LogP contribution in [0.3, 0.4) is 0 Å². The highest BCUT2D eigenvalue weighted by atomic mass is 19.1. The number of aromatic hydroxyl groups is 1. The maximum absolute atomic E-state index is 13.4. The first-order chi connectivity index (χ1) is 12.9. The van der Waals surface area contributed by atoms with Crippen LogP contribution in [0.5, 0.6) is 11.5 Å². The lowest BCUT2D eigenvalue weighted by atomic mass is 9.95. The number of para-hydroxylation sites is 1. The second-order valence-electron chi connectivity index (χ2n) is 7.55. The van der Waals surface area contributed by atoms with E-state index in [9.17, 15) is 19.7 Å². The van der Waals surface area contributed by atoms with Crippen molar-refractivity contribution < 1.29 is 24.4 Å². The minimum atomic E-state index is -0.996. The summed E-state index contributed by atoms with van der Waals surface area (Å²) in [5.41, 5.74) is -0.674. The molecule has 144 valence electrons. The average molecular weight is 374 g/mol. The largest absolute Gasteiger partial charge is 0.504 e. The van der Waals surface area contributed by atoms with Gasteiger partial charge in [0.15, 0.2) is 5.75 Å². The fourth-order valence-corrected chi connectivity index (χ4v) is 4.27. The van der Waals surface area contributed by atoms with Crippen molar-refractivity contribution in [3.63, 3.8) is 0 Å². The van der Waals surface area contributed by atoms with E-state index >= 15 is 0 Å². The number of β-amino-alcohol motifs (C(OH)–C–C–N with tert-alkyl or cyclic N) is 2. The molecule has 2 fully saturated rings. The molecule has 4 atom stereocenters. The number of pyridine rings is 1. The van der Waals surface area contributed by atoms with Crippen molar-refractivity contribution in [3.05, 3.63) is 54.1 Å². The maximum atomic E-state index is 13.4. The van der Waals surface area contributed by atoms with Gasteiger partial charge < -0.3 is 20.1 Å². The molecule has 0 spiro atoms. The van der Waals surface area contributed by atoms with E-state index in [0.29, 0.717) is 19.5 Å². The Kier molecular flexibility index (Phi) is 4.75. The number of likely N-dealkylation sites (tertiary alicyclic amines) is 1. The molecule has 4 rings (SSSR count). The molecule has 1 aromatic carbocycles. The number of benzene rings is 1. The lowest BCUT2D eigenvalue weighted by molar-refractivity contribution is 0.0176. The first-order valence-electron chi connectivity index (χ1n) is 9.13. The number of hydrogen-bond donors (Lipinski definition) is 3. The number of aliphatic hydroxyl groups excluding tert-OH is 1. The molecule has 1 aromatic heterocycles. The lowest BCUT2D eigenvalue weighted by Crippen LogP contribution is -2.36. The predicted molar refractivity (Wildman–Crippen MR) is 95.8 cm³/mol. The lowest BCUT2D eigenvalue weighted by Gasteiger charge is -2.24. The highest BCUT2D eigenvalue weighted by Gasteiger charge is 2.52. The molecule has 0 amide bonds. The molecule has 2 aliphatic rings. The van der Waals surface area contributed by atoms with Crippen molar-refractivity contribution >= 4 is 0 Å². The molecule has 0 radical (unpaired) electrons. The minimum absolute atomic E-state index is 0.0256. The normalized spacial score (nSPS) is 28.9. The van der Waals surface area contributed by atoms with Crippen LogP contribution in [0.1, 0.15) is 24.6 Å². The van der Waals surface area contributed by atoms with E-state index in [4.69, 9.17) is 4.74 Å². The van der Waals surface area contributed by atoms with Gasteiger partial charge in [-0.1, -0.05) is 18.2 Å². The number of halogens is 1. The summed E-state index contributed by atoms with van der Waals surface area (Å²) in [5.74, 6) is -0.661. The summed E-state index contributed by atoms with van der Waals surface area (Å²) in [7, 11) is 0. The predicted octanol–water partition coefficient (Wildman–Crippen LogP) is 1.86. The molecule has 7 heteroatoms. The number of hydrogen-bond acceptors (Lipinski definition) is 6. The van der Waals surface area contributed by atoms with Crippen LogP contribution in [0, 0.1) is 11.9 Å². The van der Waals surface area contributed by atoms with Crippen LogP contribution in [0.4, 0.5) is 4.39 Å². The van der Waals surface area contributed by atoms with Gasteiger partial charge in [-0.05, 0) is 30.7 Å². The Morgan fingerprint density at radius 2 is 2.04 bits per heavy atom. The number of ether oxygens (including phenoxy) is 1. The Morgan fingerprint density at radius 3 is 2.74 bits per heavy atom. The highest BCUT2D eigenvalue weighted by molar-refractivity contribution is 5.23. The van der Waals surface area contributed by atoms with Crippen molar-refractivity contribution in [1.82, 2.24) is 9.88 Å². The van der Waals surface area contributed by atoms with Crippen molar-refractivity contribution in [2.45, 2.75) is 30.7 Å². The van der Waals surface area contributed by atoms with Crippen LogP contribution in [-0.4, -0.2) is 56.5 Å². The van der Waals surface area contributed by atoms with E-state index in [1.807, 2.05) is 35.2 Å². The summed E-state index contributed by atoms with van der Waals surface area (Å²) in [6.07, 6.45) is 0.288. The molecule has 1 aliphatic heterocycles. The van der Waals surface area contributed by atoms with Gasteiger partial charge in [0.1, 0.15) is 18.0 Å². The highest BCUT2D eigenvalue weighted by Crippen LogP contribution is 2.43. The third kappa shape index (κ3) is 3.76. The SMILES string of the molecule is Oc1ccc([C@H](O)CN2C[C@@H]3C[C@@H](Oc4ccccc4)C[C@]3(O)C2)nc1F. The van der Waals surface area contributed by atoms with Gasteiger partial charge in [0, 0.05) is 32.0 Å². The third-order valence-corrected chi connectivity index (χ3v) is 5.53. The van der Waals surface area contributed by atoms with Crippen molar-refractivity contribution in [2.75, 3.05) is 19.6 Å². The van der Waals surface area contributed by atoms with Gasteiger partial charge >= 0.3 is 0 Å². The summed E-state index contributed by atoms with van der Waals surface area (Å²) in [4.78, 5) is 5.56. The Morgan fingerprint density at radius 1 is 1.26 bits per heavy atom. The van der Waals surface area contributed by atoms with Gasteiger partial charge in [-0.3, -0.25) is 4.90 Å². The van der Waals surface area contributed by atoms with Gasteiger partial charge in [-0.2, -0.15) is 4.39 Å². The molecule has 2 aromatic rings. The second kappa shape index (κ2) is 7.07. The number of rotatable bonds is 5. The number of aliphatic hydroxyl groups is 2. The number of nitrogens with zero attached hydrogens (tertiary/aromatic N) is 2. The van der Waals surface area contributed by atoms with Crippen LogP contribution >= 0.6 is 0 Å². The van der Waals surface area contributed by atoms with Crippen molar-refractivity contribution in [2.24, 2.45) is 5.92 Å². The van der Waals surface area contributed by atoms with Crippen LogP contribution in [-0.2, 0) is 0 Å². The van der Waals surface area contributed by atoms with Gasteiger partial charge in [-0.15, -0.1) is 0 Å².